The second-order valence-corrected chi connectivity index (χ2v) is 6.43. The summed E-state index contributed by atoms with van der Waals surface area (Å²) in [4.78, 5) is 20.2. The van der Waals surface area contributed by atoms with Crippen molar-refractivity contribution >= 4 is 28.5 Å². The van der Waals surface area contributed by atoms with Crippen LogP contribution >= 0.6 is 11.8 Å². The molecule has 0 spiro atoms. The zero-order valence-corrected chi connectivity index (χ0v) is 14.0. The van der Waals surface area contributed by atoms with Crippen LogP contribution in [0, 0.1) is 11.6 Å². The number of thioether (sulfide) groups is 1. The summed E-state index contributed by atoms with van der Waals surface area (Å²) in [7, 11) is 0. The molecule has 3 N–H and O–H groups in total. The smallest absolute Gasteiger partial charge is 0.277 e. The first kappa shape index (κ1) is 17.1. The van der Waals surface area contributed by atoms with Crippen molar-refractivity contribution in [2.24, 2.45) is 10.7 Å². The average molecular weight is 360 g/mol. The molecule has 0 saturated carbocycles. The number of nitrogens with one attached hydrogen (secondary N) is 1. The maximum absolute atomic E-state index is 14.3. The summed E-state index contributed by atoms with van der Waals surface area (Å²) in [5, 5.41) is 4.56. The number of carbonyl (C=O) groups excluding carboxylic acids is 1. The van der Waals surface area contributed by atoms with Crippen LogP contribution in [0.3, 0.4) is 0 Å². The number of aliphatic imine (C=N–C) groups is 1. The predicted molar refractivity (Wildman–Crippen MR) is 94.3 cm³/mol. The summed E-state index contributed by atoms with van der Waals surface area (Å²) in [6.45, 7) is 1.71. The third-order valence-corrected chi connectivity index (χ3v) is 4.27. The molecule has 25 heavy (non-hydrogen) atoms. The zero-order valence-electron chi connectivity index (χ0n) is 13.2. The lowest BCUT2D eigenvalue weighted by Crippen LogP contribution is -2.25. The van der Waals surface area contributed by atoms with Crippen molar-refractivity contribution in [3.05, 3.63) is 70.9 Å². The molecule has 1 aromatic heterocycles. The van der Waals surface area contributed by atoms with E-state index in [1.807, 2.05) is 0 Å². The molecule has 0 fully saturated rings. The fraction of sp³-hybridized carbons (Fsp3) is 0.118. The molecule has 1 aliphatic rings. The number of anilines is 1. The van der Waals surface area contributed by atoms with Crippen molar-refractivity contribution in [3.8, 4) is 0 Å². The molecule has 1 aromatic carbocycles. The normalized spacial score (nSPS) is 19.4. The molecule has 1 aliphatic heterocycles. The van der Waals surface area contributed by atoms with Gasteiger partial charge in [0.1, 0.15) is 11.4 Å². The van der Waals surface area contributed by atoms with Gasteiger partial charge in [-0.25, -0.2) is 18.8 Å². The van der Waals surface area contributed by atoms with E-state index in [4.69, 9.17) is 5.73 Å². The van der Waals surface area contributed by atoms with Crippen LogP contribution in [0.5, 0.6) is 0 Å². The van der Waals surface area contributed by atoms with Gasteiger partial charge >= 0.3 is 0 Å². The van der Waals surface area contributed by atoms with Crippen molar-refractivity contribution in [3.63, 3.8) is 0 Å². The van der Waals surface area contributed by atoms with Gasteiger partial charge in [-0.05, 0) is 48.7 Å². The first-order valence-corrected chi connectivity index (χ1v) is 8.18. The number of amidine groups is 1. The largest absolute Gasteiger partial charge is 0.378 e. The summed E-state index contributed by atoms with van der Waals surface area (Å²) < 4.78 is 28.0. The van der Waals surface area contributed by atoms with E-state index < -0.39 is 23.1 Å². The van der Waals surface area contributed by atoms with E-state index in [0.717, 1.165) is 6.07 Å². The van der Waals surface area contributed by atoms with Gasteiger partial charge in [0.05, 0.1) is 0 Å². The fourth-order valence-corrected chi connectivity index (χ4v) is 3.13. The highest BCUT2D eigenvalue weighted by Crippen LogP contribution is 2.35. The Balaban J connectivity index is 1.93. The van der Waals surface area contributed by atoms with Crippen LogP contribution < -0.4 is 11.1 Å². The molecule has 3 rings (SSSR count). The molecule has 0 unspecified atom stereocenters. The summed E-state index contributed by atoms with van der Waals surface area (Å²) in [5.74, 6) is -1.95. The third kappa shape index (κ3) is 3.53. The molecule has 2 heterocycles. The molecule has 128 valence electrons. The number of amides is 1. The number of hydrogen-bond acceptors (Lipinski definition) is 5. The summed E-state index contributed by atoms with van der Waals surface area (Å²) in [6.07, 6.45) is 3.04. The van der Waals surface area contributed by atoms with Crippen molar-refractivity contribution in [1.82, 2.24) is 4.98 Å². The molecule has 1 atom stereocenters. The quantitative estimate of drug-likeness (QED) is 0.879. The molecule has 8 heteroatoms. The van der Waals surface area contributed by atoms with Crippen LogP contribution in [-0.4, -0.2) is 16.1 Å². The molecular weight excluding hydrogens is 346 g/mol. The topological polar surface area (TPSA) is 80.4 Å². The number of aromatic nitrogens is 1. The van der Waals surface area contributed by atoms with Gasteiger partial charge in [-0.2, -0.15) is 0 Å². The first-order valence-electron chi connectivity index (χ1n) is 7.30. The minimum absolute atomic E-state index is 0.242. The van der Waals surface area contributed by atoms with E-state index in [0.29, 0.717) is 10.9 Å². The molecular formula is C17H14F2N4OS. The lowest BCUT2D eigenvalue weighted by Gasteiger charge is -2.26. The summed E-state index contributed by atoms with van der Waals surface area (Å²) in [5.41, 5.74) is 4.94. The Labute approximate surface area is 147 Å². The lowest BCUT2D eigenvalue weighted by molar-refractivity contribution is 0.101. The van der Waals surface area contributed by atoms with Crippen LogP contribution in [0.4, 0.5) is 14.5 Å². The number of hydrogen-bond donors (Lipinski definition) is 2. The zero-order chi connectivity index (χ0) is 18.0. The van der Waals surface area contributed by atoms with E-state index in [-0.39, 0.29) is 11.3 Å². The summed E-state index contributed by atoms with van der Waals surface area (Å²) >= 11 is 1.24. The maximum atomic E-state index is 14.3. The van der Waals surface area contributed by atoms with Crippen LogP contribution in [0.15, 0.2) is 53.0 Å². The van der Waals surface area contributed by atoms with Crippen molar-refractivity contribution in [2.45, 2.75) is 12.5 Å². The molecule has 0 radical (unpaired) electrons. The van der Waals surface area contributed by atoms with Gasteiger partial charge in [-0.3, -0.25) is 4.79 Å². The van der Waals surface area contributed by atoms with Crippen LogP contribution in [0.2, 0.25) is 0 Å². The number of nitrogens with two attached hydrogens (primary N) is 1. The van der Waals surface area contributed by atoms with Gasteiger partial charge < -0.3 is 11.1 Å². The Morgan fingerprint density at radius 2 is 2.08 bits per heavy atom. The van der Waals surface area contributed by atoms with Gasteiger partial charge in [0, 0.05) is 17.4 Å². The van der Waals surface area contributed by atoms with Crippen LogP contribution in [0.25, 0.3) is 0 Å². The van der Waals surface area contributed by atoms with Gasteiger partial charge in [0.2, 0.25) is 0 Å². The molecule has 1 amide bonds. The minimum Gasteiger partial charge on any atom is -0.378 e. The van der Waals surface area contributed by atoms with Gasteiger partial charge in [-0.1, -0.05) is 11.8 Å². The van der Waals surface area contributed by atoms with E-state index in [2.05, 4.69) is 15.3 Å². The van der Waals surface area contributed by atoms with E-state index in [1.165, 1.54) is 42.2 Å². The second-order valence-electron chi connectivity index (χ2n) is 5.50. The number of carbonyl (C=O) groups is 1. The van der Waals surface area contributed by atoms with Crippen molar-refractivity contribution < 1.29 is 13.6 Å². The molecule has 0 saturated heterocycles. The maximum Gasteiger partial charge on any atom is 0.277 e. The molecule has 0 bridgehead atoms. The van der Waals surface area contributed by atoms with Gasteiger partial charge in [0.25, 0.3) is 5.91 Å². The fourth-order valence-electron chi connectivity index (χ4n) is 2.41. The predicted octanol–water partition coefficient (Wildman–Crippen LogP) is 3.40. The third-order valence-electron chi connectivity index (χ3n) is 3.67. The number of rotatable bonds is 3. The van der Waals surface area contributed by atoms with E-state index in [1.54, 1.807) is 18.4 Å². The first-order chi connectivity index (χ1) is 11.9. The van der Waals surface area contributed by atoms with Crippen molar-refractivity contribution in [1.29, 1.82) is 0 Å². The van der Waals surface area contributed by atoms with Crippen molar-refractivity contribution in [2.75, 3.05) is 5.32 Å². The Kier molecular flexibility index (Phi) is 4.54. The number of benzene rings is 1. The Morgan fingerprint density at radius 3 is 2.80 bits per heavy atom. The second kappa shape index (κ2) is 6.64. The Hall–Kier alpha value is -2.74. The average Bonchev–Trinajstić information content (AvgIpc) is 2.56. The highest BCUT2D eigenvalue weighted by Gasteiger charge is 2.29. The Morgan fingerprint density at radius 1 is 1.28 bits per heavy atom. The monoisotopic (exact) mass is 360 g/mol. The van der Waals surface area contributed by atoms with E-state index in [9.17, 15) is 13.6 Å². The lowest BCUT2D eigenvalue weighted by atomic mass is 9.92. The SMILES string of the molecule is C[C@@]1(c2cc(NC(=O)c3ncccc3F)ccc2F)C=CSC(N)=N1. The number of nitrogens with zero attached hydrogens (tertiary/aromatic N) is 2. The van der Waals surface area contributed by atoms with Gasteiger partial charge in [-0.15, -0.1) is 0 Å². The van der Waals surface area contributed by atoms with Crippen LogP contribution in [-0.2, 0) is 5.54 Å². The van der Waals surface area contributed by atoms with Gasteiger partial charge in [0.15, 0.2) is 16.7 Å². The molecule has 5 nitrogen and oxygen atoms in total. The minimum atomic E-state index is -0.990. The molecule has 0 aliphatic carbocycles. The highest BCUT2D eigenvalue weighted by atomic mass is 32.2. The molecule has 2 aromatic rings. The number of pyridine rings is 1. The number of halogens is 2. The summed E-state index contributed by atoms with van der Waals surface area (Å²) in [6, 6.07) is 6.58. The Bertz CT molecular complexity index is 900. The highest BCUT2D eigenvalue weighted by molar-refractivity contribution is 8.16. The van der Waals surface area contributed by atoms with E-state index >= 15 is 0 Å². The van der Waals surface area contributed by atoms with Crippen LogP contribution in [0.1, 0.15) is 23.0 Å². The standard InChI is InChI=1S/C17H14F2N4OS/c1-17(6-8-25-16(20)23-17)11-9-10(4-5-12(11)18)22-15(24)14-13(19)3-2-7-21-14/h2-9H,1H3,(H2,20,23)(H,22,24)/t17-/m0/s1.